The maximum absolute atomic E-state index is 14.8. The Kier molecular flexibility index (Phi) is 27.9. The molecule has 21 atom stereocenters. The Balaban J connectivity index is 1.35. The summed E-state index contributed by atoms with van der Waals surface area (Å²) in [6, 6.07) is 12.5. The minimum absolute atomic E-state index is 0.0149. The normalized spacial score (nSPS) is 35.3. The molecule has 4 aliphatic rings. The van der Waals surface area contributed by atoms with Crippen LogP contribution in [0.5, 0.6) is 0 Å². The molecule has 6 rings (SSSR count). The molecule has 0 bridgehead atoms. The van der Waals surface area contributed by atoms with Gasteiger partial charge in [-0.05, 0) is 137 Å². The van der Waals surface area contributed by atoms with Crippen LogP contribution in [0.15, 0.2) is 59.5 Å². The number of anilines is 1. The van der Waals surface area contributed by atoms with Crippen molar-refractivity contribution in [1.82, 2.24) is 19.4 Å². The third-order valence-corrected chi connectivity index (χ3v) is 20.8. The molecular weight excluding hydrogens is 1230 g/mol. The predicted octanol–water partition coefficient (Wildman–Crippen LogP) is 5.20. The number of carbonyl (C=O) groups excluding carboxylic acids is 4. The lowest BCUT2D eigenvalue weighted by molar-refractivity contribution is -0.319. The van der Waals surface area contributed by atoms with Gasteiger partial charge < -0.3 is 88.6 Å². The number of aliphatic hydroxyl groups excluding tert-OH is 2. The molecule has 4 fully saturated rings. The molecule has 2 aromatic rings. The number of carbonyl (C=O) groups is 4. The molecule has 25 nitrogen and oxygen atoms in total. The minimum atomic E-state index is -4.29. The van der Waals surface area contributed by atoms with Crippen molar-refractivity contribution < 1.29 is 95.4 Å². The Morgan fingerprint density at radius 3 is 2.13 bits per heavy atom. The number of aliphatic hydroxyl groups is 4. The first-order valence-corrected chi connectivity index (χ1v) is 34.3. The zero-order chi connectivity index (χ0) is 69.1. The van der Waals surface area contributed by atoms with Crippen LogP contribution in [0.3, 0.4) is 0 Å². The smallest absolute Gasteiger partial charge is 0.407 e. The van der Waals surface area contributed by atoms with E-state index in [9.17, 15) is 48.0 Å². The first kappa shape index (κ1) is 77.4. The molecule has 2 aromatic carbocycles. The zero-order valence-electron chi connectivity index (χ0n) is 57.5. The Morgan fingerprint density at radius 2 is 1.53 bits per heavy atom. The lowest BCUT2D eigenvalue weighted by atomic mass is 9.77. The van der Waals surface area contributed by atoms with Gasteiger partial charge in [-0.1, -0.05) is 65.0 Å². The van der Waals surface area contributed by atoms with Crippen molar-refractivity contribution in [2.75, 3.05) is 66.8 Å². The van der Waals surface area contributed by atoms with Crippen LogP contribution in [0.4, 0.5) is 10.5 Å². The van der Waals surface area contributed by atoms with Crippen LogP contribution in [0, 0.1) is 23.7 Å². The van der Waals surface area contributed by atoms with Crippen molar-refractivity contribution in [1.29, 1.82) is 0 Å². The highest BCUT2D eigenvalue weighted by atomic mass is 32.2. The van der Waals surface area contributed by atoms with E-state index in [0.717, 1.165) is 5.56 Å². The summed E-state index contributed by atoms with van der Waals surface area (Å²) in [5.41, 5.74) is 2.16. The highest BCUT2D eigenvalue weighted by Gasteiger charge is 2.54. The number of ether oxygens (including phenoxy) is 10. The number of hydrogen-bond acceptors (Lipinski definition) is 23. The summed E-state index contributed by atoms with van der Waals surface area (Å²) in [4.78, 5) is 61.3. The third kappa shape index (κ3) is 20.5. The van der Waals surface area contributed by atoms with Gasteiger partial charge in [0, 0.05) is 50.7 Å². The highest BCUT2D eigenvalue weighted by molar-refractivity contribution is 7.89. The second-order valence-corrected chi connectivity index (χ2v) is 29.7. The molecule has 7 N–H and O–H groups in total. The van der Waals surface area contributed by atoms with E-state index in [1.807, 2.05) is 55.7 Å². The van der Waals surface area contributed by atoms with Crippen LogP contribution in [0.1, 0.15) is 134 Å². The fraction of sp³-hybridized carbons (Fsp3) is 0.761. The highest BCUT2D eigenvalue weighted by Crippen LogP contribution is 2.41. The van der Waals surface area contributed by atoms with Crippen LogP contribution in [-0.2, 0) is 78.2 Å². The Morgan fingerprint density at radius 1 is 0.871 bits per heavy atom. The second-order valence-electron chi connectivity index (χ2n) is 27.8. The molecule has 0 aliphatic carbocycles. The van der Waals surface area contributed by atoms with Crippen molar-refractivity contribution >= 4 is 39.7 Å². The average Bonchev–Trinajstić information content (AvgIpc) is 1.37. The van der Waals surface area contributed by atoms with Crippen molar-refractivity contribution in [2.45, 2.75) is 248 Å². The molecule has 0 aromatic heterocycles. The number of rotatable bonds is 23. The standard InChI is InChI=1S/C67H109N5O20S/c1-17-53-67(12,80)59(75)44(8)71(15)36-40(4)33-65(10,79)61(42(6)57(43(7)62(77)89-53)91-56-34-66(11,83-16)60(76)45(9)86-56)92-63-58(51(70(13)14)31-41(5)85-63)90-55(74)28-27-54(73)88-52(37-72(35-39(2)3)93(81,82)49-25-23-47(68)24-26-49)50(32-46-21-19-18-20-22-46)69-64(78)87-48-29-30-84-38-48/h18-26,39-45,48,50-53,56-61,63,75-76,79-80H,17,27-38,68H2,1-16H3,(H,69,78)/t40-,41-,42+,43-,44-,45+,48?,50+,51+,52?,53-,56+,57+,58-,59-,60+,61-,63+,65-,66-,67-/m1/s1. The summed E-state index contributed by atoms with van der Waals surface area (Å²) in [6.07, 6.45) is -14.0. The minimum Gasteiger partial charge on any atom is -0.459 e. The largest absolute Gasteiger partial charge is 0.459 e. The number of amides is 1. The molecule has 93 heavy (non-hydrogen) atoms. The number of nitrogens with zero attached hydrogens (tertiary/aromatic N) is 3. The summed E-state index contributed by atoms with van der Waals surface area (Å²) in [7, 11) is 2.57. The second kappa shape index (κ2) is 33.5. The van der Waals surface area contributed by atoms with E-state index in [2.05, 4.69) is 5.32 Å². The van der Waals surface area contributed by atoms with Crippen LogP contribution in [-0.4, -0.2) is 237 Å². The Bertz CT molecular complexity index is 2810. The molecule has 0 radical (unpaired) electrons. The Hall–Kier alpha value is -4.65. The molecule has 4 aliphatic heterocycles. The number of nitrogen functional groups attached to an aromatic ring is 1. The number of cyclic esters (lactones) is 1. The van der Waals surface area contributed by atoms with E-state index in [0.29, 0.717) is 31.7 Å². The van der Waals surface area contributed by atoms with Gasteiger partial charge in [-0.25, -0.2) is 13.2 Å². The van der Waals surface area contributed by atoms with Crippen LogP contribution in [0.25, 0.3) is 0 Å². The number of nitrogens with one attached hydrogen (secondary N) is 1. The fourth-order valence-electron chi connectivity index (χ4n) is 13.5. The lowest BCUT2D eigenvalue weighted by Crippen LogP contribution is -2.61. The number of likely N-dealkylation sites (N-methyl/N-ethyl adjacent to an activating group) is 2. The first-order valence-electron chi connectivity index (χ1n) is 32.9. The molecule has 2 unspecified atom stereocenters. The van der Waals surface area contributed by atoms with E-state index < -0.39 is 174 Å². The zero-order valence-corrected chi connectivity index (χ0v) is 58.3. The molecule has 528 valence electrons. The summed E-state index contributed by atoms with van der Waals surface area (Å²) >= 11 is 0. The molecule has 0 spiro atoms. The molecule has 4 saturated heterocycles. The number of esters is 3. The maximum atomic E-state index is 14.8. The van der Waals surface area contributed by atoms with Crippen molar-refractivity contribution in [3.05, 3.63) is 60.2 Å². The summed E-state index contributed by atoms with van der Waals surface area (Å²) < 4.78 is 93.1. The van der Waals surface area contributed by atoms with Crippen LogP contribution in [0.2, 0.25) is 0 Å². The van der Waals surface area contributed by atoms with Crippen molar-refractivity contribution in [3.63, 3.8) is 0 Å². The van der Waals surface area contributed by atoms with E-state index >= 15 is 0 Å². The maximum Gasteiger partial charge on any atom is 0.407 e. The van der Waals surface area contributed by atoms with E-state index in [4.69, 9.17) is 53.1 Å². The SMILES string of the molecule is CC[C@H]1OC(=O)[C@H](C)[C@@H](O[C@H]2C[C@@](C)(OC)[C@@H](O)[C@H](C)O2)[C@H](C)[C@@H](O[C@@H]2O[C@H](C)C[C@H](N(C)C)[C@H]2OC(=O)CCC(=O)OC(CN(CC(C)C)S(=O)(=O)c2ccc(N)cc2)[C@H](Cc2ccccc2)NC(=O)OC2CCOC2)[C@](C)(O)C[C@@H](C)CN(C)[C@H](C)[C@@H](O)[C@]1(C)O. The number of alkyl carbamates (subject to hydrolysis) is 1. The first-order chi connectivity index (χ1) is 43.5. The van der Waals surface area contributed by atoms with Gasteiger partial charge in [0.05, 0.1) is 91.1 Å². The molecule has 4 heterocycles. The number of hydrogen-bond donors (Lipinski definition) is 6. The van der Waals surface area contributed by atoms with Gasteiger partial charge in [0.1, 0.15) is 36.1 Å². The van der Waals surface area contributed by atoms with E-state index in [-0.39, 0.29) is 55.6 Å². The summed E-state index contributed by atoms with van der Waals surface area (Å²) in [6.45, 7) is 21.2. The monoisotopic (exact) mass is 1340 g/mol. The van der Waals surface area contributed by atoms with E-state index in [1.165, 1.54) is 42.6 Å². The van der Waals surface area contributed by atoms with Gasteiger partial charge in [0.25, 0.3) is 0 Å². The molecule has 0 saturated carbocycles. The van der Waals surface area contributed by atoms with Gasteiger partial charge in [-0.2, -0.15) is 4.31 Å². The van der Waals surface area contributed by atoms with Gasteiger partial charge in [0.2, 0.25) is 10.0 Å². The average molecular weight is 1340 g/mol. The number of nitrogens with two attached hydrogens (primary N) is 1. The van der Waals surface area contributed by atoms with Crippen molar-refractivity contribution in [3.8, 4) is 0 Å². The van der Waals surface area contributed by atoms with Gasteiger partial charge in [0.15, 0.2) is 18.7 Å². The van der Waals surface area contributed by atoms with Gasteiger partial charge in [-0.3, -0.25) is 14.4 Å². The number of benzene rings is 2. The van der Waals surface area contributed by atoms with Gasteiger partial charge >= 0.3 is 24.0 Å². The molecule has 1 amide bonds. The van der Waals surface area contributed by atoms with Crippen molar-refractivity contribution in [2.24, 2.45) is 23.7 Å². The summed E-state index contributed by atoms with van der Waals surface area (Å²) in [5.74, 6) is -5.27. The number of methoxy groups -OCH3 is 1. The van der Waals surface area contributed by atoms with Crippen LogP contribution >= 0.6 is 0 Å². The Labute approximate surface area is 550 Å². The fourth-order valence-corrected chi connectivity index (χ4v) is 15.1. The number of sulfonamides is 1. The predicted molar refractivity (Wildman–Crippen MR) is 344 cm³/mol. The van der Waals surface area contributed by atoms with E-state index in [1.54, 1.807) is 81.7 Å². The lowest BCUT2D eigenvalue weighted by Gasteiger charge is -2.49. The topological polar surface area (TPSA) is 323 Å². The molecule has 26 heteroatoms. The molecular formula is C67H109N5O20S. The quantitative estimate of drug-likeness (QED) is 0.0473. The third-order valence-electron chi connectivity index (χ3n) is 18.9. The van der Waals surface area contributed by atoms with Gasteiger partial charge in [-0.15, -0.1) is 0 Å². The van der Waals surface area contributed by atoms with Crippen LogP contribution < -0.4 is 11.1 Å². The summed E-state index contributed by atoms with van der Waals surface area (Å²) in [5, 5.41) is 51.1.